The summed E-state index contributed by atoms with van der Waals surface area (Å²) in [5.41, 5.74) is 0. The van der Waals surface area contributed by atoms with Crippen molar-refractivity contribution in [3.8, 4) is 0 Å². The minimum atomic E-state index is -2.83. The van der Waals surface area contributed by atoms with E-state index in [1.165, 1.54) is 32.1 Å². The van der Waals surface area contributed by atoms with E-state index in [-0.39, 0.29) is 6.04 Å². The fourth-order valence-electron chi connectivity index (χ4n) is 6.91. The van der Waals surface area contributed by atoms with Crippen LogP contribution in [0.1, 0.15) is 38.5 Å². The first-order valence-corrected chi connectivity index (χ1v) is 12.0. The number of nitrogens with zero attached hydrogens (tertiary/aromatic N) is 2. The lowest BCUT2D eigenvalue weighted by Crippen LogP contribution is -2.57. The fourth-order valence-corrected chi connectivity index (χ4v) is 8.67. The molecule has 6 rings (SSSR count). The molecule has 2 aliphatic heterocycles. The van der Waals surface area contributed by atoms with Crippen LogP contribution in [0, 0.1) is 29.6 Å². The first kappa shape index (κ1) is 16.5. The summed E-state index contributed by atoms with van der Waals surface area (Å²) in [5.74, 6) is 4.50. The lowest BCUT2D eigenvalue weighted by molar-refractivity contribution is -0.151. The molecule has 0 aromatic rings. The lowest BCUT2D eigenvalue weighted by atomic mass is 9.51. The van der Waals surface area contributed by atoms with Gasteiger partial charge in [0, 0.05) is 38.1 Å². The number of hydrogen-bond acceptors (Lipinski definition) is 4. The summed E-state index contributed by atoms with van der Waals surface area (Å²) in [4.78, 5) is 17.6. The molecule has 0 aromatic carbocycles. The maximum Gasteiger partial charge on any atom is 0.226 e. The van der Waals surface area contributed by atoms with E-state index in [2.05, 4.69) is 9.80 Å². The molecular formula is C19H30N2O3S. The van der Waals surface area contributed by atoms with Gasteiger partial charge in [0.1, 0.15) is 0 Å². The van der Waals surface area contributed by atoms with Crippen LogP contribution < -0.4 is 0 Å². The van der Waals surface area contributed by atoms with Crippen LogP contribution in [-0.2, 0) is 14.6 Å². The van der Waals surface area contributed by atoms with Crippen LogP contribution in [0.5, 0.6) is 0 Å². The molecule has 2 heterocycles. The van der Waals surface area contributed by atoms with Gasteiger partial charge in [-0.2, -0.15) is 0 Å². The van der Waals surface area contributed by atoms with Crippen LogP contribution in [0.3, 0.4) is 0 Å². The zero-order chi connectivity index (χ0) is 17.2. The standard InChI is InChI=1S/C19H30N2O3S/c22-19(18-15-8-13-7-14(10-15)11-16(18)9-13)21-4-2-20(3-5-21)17-1-6-25(23,24)12-17/h13-18H,1-12H2. The summed E-state index contributed by atoms with van der Waals surface area (Å²) in [7, 11) is -2.83. The second-order valence-corrected chi connectivity index (χ2v) is 11.6. The zero-order valence-electron chi connectivity index (χ0n) is 15.0. The van der Waals surface area contributed by atoms with Gasteiger partial charge in [0.15, 0.2) is 9.84 Å². The number of sulfone groups is 1. The van der Waals surface area contributed by atoms with Gasteiger partial charge in [0.05, 0.1) is 11.5 Å². The molecule has 4 bridgehead atoms. The van der Waals surface area contributed by atoms with E-state index in [0.717, 1.165) is 44.4 Å². The molecule has 4 aliphatic carbocycles. The fraction of sp³-hybridized carbons (Fsp3) is 0.947. The molecule has 25 heavy (non-hydrogen) atoms. The van der Waals surface area contributed by atoms with Crippen molar-refractivity contribution in [2.75, 3.05) is 37.7 Å². The number of piperazine rings is 1. The summed E-state index contributed by atoms with van der Waals surface area (Å²) in [6.45, 7) is 3.27. The maximum absolute atomic E-state index is 13.2. The van der Waals surface area contributed by atoms with Gasteiger partial charge in [-0.15, -0.1) is 0 Å². The molecule has 6 fully saturated rings. The average Bonchev–Trinajstić information content (AvgIpc) is 2.94. The maximum atomic E-state index is 13.2. The molecule has 0 aromatic heterocycles. The predicted molar refractivity (Wildman–Crippen MR) is 95.7 cm³/mol. The Morgan fingerprint density at radius 2 is 1.44 bits per heavy atom. The van der Waals surface area contributed by atoms with Crippen LogP contribution in [0.15, 0.2) is 0 Å². The van der Waals surface area contributed by atoms with Crippen LogP contribution in [0.25, 0.3) is 0 Å². The van der Waals surface area contributed by atoms with Gasteiger partial charge in [-0.3, -0.25) is 9.69 Å². The van der Waals surface area contributed by atoms with E-state index >= 15 is 0 Å². The Morgan fingerprint density at radius 3 is 1.96 bits per heavy atom. The van der Waals surface area contributed by atoms with E-state index in [9.17, 15) is 13.2 Å². The summed E-state index contributed by atoms with van der Waals surface area (Å²) >= 11 is 0. The summed E-state index contributed by atoms with van der Waals surface area (Å²) in [6, 6.07) is 0.184. The van der Waals surface area contributed by atoms with Gasteiger partial charge < -0.3 is 4.90 Å². The van der Waals surface area contributed by atoms with E-state index < -0.39 is 9.84 Å². The molecule has 1 amide bonds. The highest BCUT2D eigenvalue weighted by molar-refractivity contribution is 7.91. The van der Waals surface area contributed by atoms with Crippen molar-refractivity contribution in [3.63, 3.8) is 0 Å². The molecule has 6 heteroatoms. The van der Waals surface area contributed by atoms with E-state index in [0.29, 0.717) is 35.2 Å². The van der Waals surface area contributed by atoms with Crippen molar-refractivity contribution in [1.29, 1.82) is 0 Å². The molecule has 5 nitrogen and oxygen atoms in total. The molecule has 1 unspecified atom stereocenters. The van der Waals surface area contributed by atoms with Gasteiger partial charge in [-0.1, -0.05) is 0 Å². The summed E-state index contributed by atoms with van der Waals surface area (Å²) in [5, 5.41) is 0. The molecule has 4 saturated carbocycles. The highest BCUT2D eigenvalue weighted by Crippen LogP contribution is 2.56. The number of hydrogen-bond donors (Lipinski definition) is 0. The normalized spacial score (nSPS) is 45.8. The Labute approximate surface area is 151 Å². The number of rotatable bonds is 2. The van der Waals surface area contributed by atoms with Crippen molar-refractivity contribution in [2.45, 2.75) is 44.6 Å². The second kappa shape index (κ2) is 5.95. The smallest absolute Gasteiger partial charge is 0.226 e. The van der Waals surface area contributed by atoms with Crippen molar-refractivity contribution >= 4 is 15.7 Å². The molecular weight excluding hydrogens is 336 g/mol. The van der Waals surface area contributed by atoms with Gasteiger partial charge in [-0.25, -0.2) is 8.42 Å². The molecule has 1 atom stereocenters. The van der Waals surface area contributed by atoms with Crippen LogP contribution in [-0.4, -0.2) is 67.9 Å². The van der Waals surface area contributed by atoms with Gasteiger partial charge in [0.2, 0.25) is 5.91 Å². The van der Waals surface area contributed by atoms with Gasteiger partial charge in [-0.05, 0) is 62.2 Å². The molecule has 0 N–H and O–H groups in total. The van der Waals surface area contributed by atoms with Crippen LogP contribution >= 0.6 is 0 Å². The zero-order valence-corrected chi connectivity index (χ0v) is 15.8. The first-order chi connectivity index (χ1) is 12.0. The number of carbonyl (C=O) groups is 1. The Morgan fingerprint density at radius 1 is 0.840 bits per heavy atom. The SMILES string of the molecule is O=C(C1C2CC3CC(C2)CC1C3)N1CCN(C2CCS(=O)(=O)C2)CC1. The Balaban J connectivity index is 1.20. The average molecular weight is 367 g/mol. The third-order valence-electron chi connectivity index (χ3n) is 7.86. The largest absolute Gasteiger partial charge is 0.340 e. The minimum absolute atomic E-state index is 0.184. The van der Waals surface area contributed by atoms with E-state index in [4.69, 9.17) is 0 Å². The van der Waals surface area contributed by atoms with Crippen molar-refractivity contribution in [3.05, 3.63) is 0 Å². The topological polar surface area (TPSA) is 57.7 Å². The Bertz CT molecular complexity index is 626. The summed E-state index contributed by atoms with van der Waals surface area (Å²) in [6.07, 6.45) is 7.38. The predicted octanol–water partition coefficient (Wildman–Crippen LogP) is 1.39. The lowest BCUT2D eigenvalue weighted by Gasteiger charge is -2.54. The molecule has 6 aliphatic rings. The van der Waals surface area contributed by atoms with Crippen molar-refractivity contribution in [2.24, 2.45) is 29.6 Å². The summed E-state index contributed by atoms with van der Waals surface area (Å²) < 4.78 is 23.4. The van der Waals surface area contributed by atoms with E-state index in [1.807, 2.05) is 0 Å². The van der Waals surface area contributed by atoms with E-state index in [1.54, 1.807) is 0 Å². The minimum Gasteiger partial charge on any atom is -0.340 e. The molecule has 140 valence electrons. The second-order valence-electron chi connectivity index (χ2n) is 9.37. The van der Waals surface area contributed by atoms with Crippen LogP contribution in [0.4, 0.5) is 0 Å². The monoisotopic (exact) mass is 366 g/mol. The molecule has 0 radical (unpaired) electrons. The van der Waals surface area contributed by atoms with Crippen molar-refractivity contribution in [1.82, 2.24) is 9.80 Å². The van der Waals surface area contributed by atoms with Gasteiger partial charge >= 0.3 is 0 Å². The Hall–Kier alpha value is -0.620. The number of carbonyl (C=O) groups excluding carboxylic acids is 1. The third kappa shape index (κ3) is 2.93. The van der Waals surface area contributed by atoms with Crippen LogP contribution in [0.2, 0.25) is 0 Å². The quantitative estimate of drug-likeness (QED) is 0.741. The van der Waals surface area contributed by atoms with Gasteiger partial charge in [0.25, 0.3) is 0 Å². The van der Waals surface area contributed by atoms with Crippen molar-refractivity contribution < 1.29 is 13.2 Å². The number of amides is 1. The third-order valence-corrected chi connectivity index (χ3v) is 9.61. The highest BCUT2D eigenvalue weighted by atomic mass is 32.2. The highest BCUT2D eigenvalue weighted by Gasteiger charge is 2.51. The first-order valence-electron chi connectivity index (χ1n) is 10.2. The molecule has 2 saturated heterocycles. The Kier molecular flexibility index (Phi) is 3.94. The molecule has 0 spiro atoms.